The first-order valence-corrected chi connectivity index (χ1v) is 11.9. The Balaban J connectivity index is 2.31. The topological polar surface area (TPSA) is 83.6 Å². The molecule has 1 aromatic carbocycles. The highest BCUT2D eigenvalue weighted by molar-refractivity contribution is 7.92. The zero-order valence-corrected chi connectivity index (χ0v) is 16.8. The van der Waals surface area contributed by atoms with Gasteiger partial charge in [0.05, 0.1) is 16.3 Å². The van der Waals surface area contributed by atoms with Gasteiger partial charge >= 0.3 is 0 Å². The van der Waals surface area contributed by atoms with Crippen molar-refractivity contribution in [1.29, 1.82) is 0 Å². The second-order valence-corrected chi connectivity index (χ2v) is 10.3. The van der Waals surface area contributed by atoms with Crippen molar-refractivity contribution < 1.29 is 16.8 Å². The Hall–Kier alpha value is -1.12. The second-order valence-electron chi connectivity index (χ2n) is 6.61. The summed E-state index contributed by atoms with van der Waals surface area (Å²) in [4.78, 5) is 0.252. The zero-order chi connectivity index (χ0) is 18.7. The van der Waals surface area contributed by atoms with E-state index in [-0.39, 0.29) is 10.6 Å². The Morgan fingerprint density at radius 1 is 1.12 bits per heavy atom. The van der Waals surface area contributed by atoms with Crippen LogP contribution in [0.2, 0.25) is 0 Å². The lowest BCUT2D eigenvalue weighted by molar-refractivity contribution is 0.574. The number of unbranched alkanes of at least 4 members (excludes halogenated alkanes) is 2. The molecule has 8 heteroatoms. The molecule has 1 heterocycles. The molecular formula is C17H28N2O4S2. The van der Waals surface area contributed by atoms with Crippen molar-refractivity contribution in [3.63, 3.8) is 0 Å². The van der Waals surface area contributed by atoms with E-state index >= 15 is 0 Å². The van der Waals surface area contributed by atoms with Gasteiger partial charge in [-0.15, -0.1) is 0 Å². The number of hydrogen-bond acceptors (Lipinski definition) is 4. The number of benzene rings is 1. The van der Waals surface area contributed by atoms with Gasteiger partial charge in [0.1, 0.15) is 0 Å². The van der Waals surface area contributed by atoms with Crippen molar-refractivity contribution in [3.05, 3.63) is 23.3 Å². The normalized spacial score (nSPS) is 17.6. The molecule has 1 fully saturated rings. The number of hydrogen-bond donors (Lipinski definition) is 1. The highest BCUT2D eigenvalue weighted by Gasteiger charge is 2.28. The molecule has 0 saturated carbocycles. The van der Waals surface area contributed by atoms with Crippen molar-refractivity contribution in [1.82, 2.24) is 4.72 Å². The summed E-state index contributed by atoms with van der Waals surface area (Å²) in [7, 11) is -6.91. The summed E-state index contributed by atoms with van der Waals surface area (Å²) < 4.78 is 53.8. The lowest BCUT2D eigenvalue weighted by Gasteiger charge is -2.29. The van der Waals surface area contributed by atoms with Crippen molar-refractivity contribution in [2.24, 2.45) is 0 Å². The van der Waals surface area contributed by atoms with Crippen LogP contribution >= 0.6 is 0 Å². The van der Waals surface area contributed by atoms with Crippen LogP contribution in [0.4, 0.5) is 5.69 Å². The molecule has 0 aliphatic carbocycles. The van der Waals surface area contributed by atoms with Gasteiger partial charge in [-0.05, 0) is 56.4 Å². The van der Waals surface area contributed by atoms with Gasteiger partial charge in [0.15, 0.2) is 0 Å². The molecule has 0 radical (unpaired) electrons. The quantitative estimate of drug-likeness (QED) is 0.728. The van der Waals surface area contributed by atoms with E-state index in [1.165, 1.54) is 4.31 Å². The van der Waals surface area contributed by atoms with Crippen LogP contribution in [0.3, 0.4) is 0 Å². The number of rotatable bonds is 7. The van der Waals surface area contributed by atoms with Gasteiger partial charge < -0.3 is 0 Å². The Morgan fingerprint density at radius 2 is 1.76 bits per heavy atom. The third-order valence-corrected chi connectivity index (χ3v) is 8.06. The maximum absolute atomic E-state index is 12.6. The summed E-state index contributed by atoms with van der Waals surface area (Å²) in [5.74, 6) is 0.143. The number of anilines is 1. The van der Waals surface area contributed by atoms with Gasteiger partial charge in [-0.1, -0.05) is 19.8 Å². The minimum atomic E-state index is -3.60. The van der Waals surface area contributed by atoms with E-state index in [1.54, 1.807) is 26.0 Å². The molecule has 1 aliphatic heterocycles. The van der Waals surface area contributed by atoms with Crippen LogP contribution in [-0.4, -0.2) is 35.7 Å². The molecule has 1 N–H and O–H groups in total. The van der Waals surface area contributed by atoms with E-state index in [9.17, 15) is 16.8 Å². The molecule has 6 nitrogen and oxygen atoms in total. The molecule has 0 unspecified atom stereocenters. The molecule has 1 aliphatic rings. The van der Waals surface area contributed by atoms with E-state index in [4.69, 9.17) is 0 Å². The SMILES string of the molecule is CCCCCNS(=O)(=O)c1c(C)cc(N2CCCCS2(=O)=O)cc1C. The highest BCUT2D eigenvalue weighted by Crippen LogP contribution is 2.30. The second kappa shape index (κ2) is 8.05. The molecule has 142 valence electrons. The fourth-order valence-electron chi connectivity index (χ4n) is 3.23. The molecule has 1 saturated heterocycles. The van der Waals surface area contributed by atoms with E-state index in [2.05, 4.69) is 11.6 Å². The van der Waals surface area contributed by atoms with E-state index in [1.807, 2.05) is 0 Å². The van der Waals surface area contributed by atoms with Gasteiger partial charge in [-0.3, -0.25) is 4.31 Å². The van der Waals surface area contributed by atoms with Crippen LogP contribution in [0.1, 0.15) is 50.2 Å². The van der Waals surface area contributed by atoms with Gasteiger partial charge in [-0.2, -0.15) is 0 Å². The average molecular weight is 389 g/mol. The summed E-state index contributed by atoms with van der Waals surface area (Å²) in [6.07, 6.45) is 4.30. The van der Waals surface area contributed by atoms with Gasteiger partial charge in [0, 0.05) is 13.1 Å². The molecule has 2 rings (SSSR count). The Labute approximate surface area is 151 Å². The predicted molar refractivity (Wildman–Crippen MR) is 101 cm³/mol. The lowest BCUT2D eigenvalue weighted by atomic mass is 10.1. The molecule has 0 spiro atoms. The van der Waals surface area contributed by atoms with Crippen molar-refractivity contribution in [3.8, 4) is 0 Å². The molecule has 25 heavy (non-hydrogen) atoms. The van der Waals surface area contributed by atoms with Crippen molar-refractivity contribution in [2.75, 3.05) is 23.1 Å². The van der Waals surface area contributed by atoms with E-state index < -0.39 is 20.0 Å². The highest BCUT2D eigenvalue weighted by atomic mass is 32.2. The monoisotopic (exact) mass is 388 g/mol. The van der Waals surface area contributed by atoms with Gasteiger partial charge in [0.2, 0.25) is 20.0 Å². The number of aryl methyl sites for hydroxylation is 2. The predicted octanol–water partition coefficient (Wildman–Crippen LogP) is 2.70. The molecule has 0 atom stereocenters. The lowest BCUT2D eigenvalue weighted by Crippen LogP contribution is -2.38. The minimum Gasteiger partial charge on any atom is -0.270 e. The van der Waals surface area contributed by atoms with E-state index in [0.29, 0.717) is 36.3 Å². The standard InChI is InChI=1S/C17H28N2O4S2/c1-4-5-6-9-18-25(22,23)17-14(2)12-16(13-15(17)3)19-10-7-8-11-24(19,20)21/h12-13,18H,4-11H2,1-3H3. The maximum atomic E-state index is 12.6. The Bertz CT molecular complexity index is 794. The Kier molecular flexibility index (Phi) is 6.51. The molecule has 1 aromatic rings. The van der Waals surface area contributed by atoms with Gasteiger partial charge in [0.25, 0.3) is 0 Å². The van der Waals surface area contributed by atoms with Crippen LogP contribution in [0, 0.1) is 13.8 Å². The van der Waals surface area contributed by atoms with Crippen molar-refractivity contribution >= 4 is 25.7 Å². The van der Waals surface area contributed by atoms with Crippen LogP contribution in [0.15, 0.2) is 17.0 Å². The number of nitrogens with zero attached hydrogens (tertiary/aromatic N) is 1. The average Bonchev–Trinajstić information content (AvgIpc) is 2.50. The van der Waals surface area contributed by atoms with Crippen LogP contribution in [0.25, 0.3) is 0 Å². The fourth-order valence-corrected chi connectivity index (χ4v) is 6.37. The van der Waals surface area contributed by atoms with Crippen LogP contribution in [0.5, 0.6) is 0 Å². The number of nitrogens with one attached hydrogen (secondary N) is 1. The minimum absolute atomic E-state index is 0.143. The summed E-state index contributed by atoms with van der Waals surface area (Å²) in [5, 5.41) is 0. The molecule has 0 bridgehead atoms. The first-order chi connectivity index (χ1) is 11.7. The van der Waals surface area contributed by atoms with Crippen LogP contribution < -0.4 is 9.03 Å². The molecular weight excluding hydrogens is 360 g/mol. The molecule has 0 amide bonds. The smallest absolute Gasteiger partial charge is 0.241 e. The largest absolute Gasteiger partial charge is 0.270 e. The summed E-state index contributed by atoms with van der Waals surface area (Å²) >= 11 is 0. The first kappa shape index (κ1) is 20.2. The fraction of sp³-hybridized carbons (Fsp3) is 0.647. The summed E-state index contributed by atoms with van der Waals surface area (Å²) in [6, 6.07) is 3.33. The van der Waals surface area contributed by atoms with Gasteiger partial charge in [-0.25, -0.2) is 21.6 Å². The molecule has 0 aromatic heterocycles. The van der Waals surface area contributed by atoms with Crippen molar-refractivity contribution in [2.45, 2.75) is 57.8 Å². The maximum Gasteiger partial charge on any atom is 0.241 e. The third-order valence-electron chi connectivity index (χ3n) is 4.42. The van der Waals surface area contributed by atoms with E-state index in [0.717, 1.165) is 25.7 Å². The third kappa shape index (κ3) is 4.74. The number of sulfonamides is 2. The summed E-state index contributed by atoms with van der Waals surface area (Å²) in [5.41, 5.74) is 1.69. The van der Waals surface area contributed by atoms with Crippen LogP contribution in [-0.2, 0) is 20.0 Å². The summed E-state index contributed by atoms with van der Waals surface area (Å²) in [6.45, 7) is 6.36. The Morgan fingerprint density at radius 3 is 2.32 bits per heavy atom. The first-order valence-electron chi connectivity index (χ1n) is 8.80. The zero-order valence-electron chi connectivity index (χ0n) is 15.2.